The van der Waals surface area contributed by atoms with Gasteiger partial charge in [-0.15, -0.1) is 0 Å². The van der Waals surface area contributed by atoms with Crippen molar-refractivity contribution in [2.75, 3.05) is 6.54 Å². The van der Waals surface area contributed by atoms with Crippen molar-refractivity contribution in [3.8, 4) is 0 Å². The van der Waals surface area contributed by atoms with Crippen molar-refractivity contribution in [3.05, 3.63) is 83.6 Å². The minimum Gasteiger partial charge on any atom is -0.273 e. The van der Waals surface area contributed by atoms with Crippen LogP contribution in [0.25, 0.3) is 0 Å². The van der Waals surface area contributed by atoms with Gasteiger partial charge in [0, 0.05) is 5.70 Å². The number of hydrogen-bond donors (Lipinski definition) is 0. The Hall–Kier alpha value is -3.21. The highest BCUT2D eigenvalue weighted by atomic mass is 16.2. The van der Waals surface area contributed by atoms with E-state index < -0.39 is 23.8 Å². The number of nitrogens with zero attached hydrogens (tertiary/aromatic N) is 2. The van der Waals surface area contributed by atoms with Crippen LogP contribution in [0.1, 0.15) is 37.2 Å². The number of barbiturate groups is 1. The molecule has 4 amide bonds. The first-order valence-corrected chi connectivity index (χ1v) is 9.62. The summed E-state index contributed by atoms with van der Waals surface area (Å²) in [4.78, 5) is 42.1. The lowest BCUT2D eigenvalue weighted by molar-refractivity contribution is -0.143. The second-order valence-corrected chi connectivity index (χ2v) is 7.12. The lowest BCUT2D eigenvalue weighted by Crippen LogP contribution is -2.58. The number of benzene rings is 1. The molecule has 1 unspecified atom stereocenters. The molecule has 1 aliphatic heterocycles. The largest absolute Gasteiger partial charge is 0.338 e. The topological polar surface area (TPSA) is 57.7 Å². The minimum atomic E-state index is -1.00. The Labute approximate surface area is 164 Å². The molecule has 0 saturated carbocycles. The average molecular weight is 374 g/mol. The number of rotatable bonds is 4. The maximum atomic E-state index is 13.2. The van der Waals surface area contributed by atoms with Gasteiger partial charge in [0.05, 0.1) is 6.54 Å². The molecule has 3 aliphatic rings. The summed E-state index contributed by atoms with van der Waals surface area (Å²) in [7, 11) is 0. The first-order chi connectivity index (χ1) is 13.7. The van der Waals surface area contributed by atoms with Crippen LogP contribution in [0, 0.1) is 0 Å². The maximum absolute atomic E-state index is 13.2. The van der Waals surface area contributed by atoms with Crippen molar-refractivity contribution in [2.45, 2.75) is 31.6 Å². The molecule has 142 valence electrons. The standard InChI is InChI=1S/C23H22N2O3/c26-21-20(18-12-6-2-7-13-18)22(27)25(19-14-8-3-9-15-19)23(28)24(21)16-17-10-4-1-5-11-17/h1-2,4,6-8,10,12-15,20H,3,5,9,11,16H2. The Morgan fingerprint density at radius 2 is 1.75 bits per heavy atom. The predicted molar refractivity (Wildman–Crippen MR) is 106 cm³/mol. The third-order valence-electron chi connectivity index (χ3n) is 5.23. The Balaban J connectivity index is 1.73. The van der Waals surface area contributed by atoms with Crippen molar-refractivity contribution in [3.63, 3.8) is 0 Å². The number of carbonyl (C=O) groups is 3. The molecule has 0 bridgehead atoms. The van der Waals surface area contributed by atoms with E-state index >= 15 is 0 Å². The van der Waals surface area contributed by atoms with Crippen molar-refractivity contribution in [1.29, 1.82) is 0 Å². The van der Waals surface area contributed by atoms with E-state index in [1.54, 1.807) is 30.3 Å². The summed E-state index contributed by atoms with van der Waals surface area (Å²) in [5.41, 5.74) is 2.17. The van der Waals surface area contributed by atoms with Gasteiger partial charge < -0.3 is 0 Å². The summed E-state index contributed by atoms with van der Waals surface area (Å²) in [5, 5.41) is 0. The SMILES string of the molecule is O=C1C(c2ccccc2)C(=O)N(C2=CCCC=C2)C(=O)N1CC1=CC=CCC1. The highest BCUT2D eigenvalue weighted by Gasteiger charge is 2.47. The molecular formula is C23H22N2O3. The Bertz CT molecular complexity index is 924. The predicted octanol–water partition coefficient (Wildman–Crippen LogP) is 4.07. The first-order valence-electron chi connectivity index (χ1n) is 9.62. The van der Waals surface area contributed by atoms with Crippen LogP contribution in [-0.2, 0) is 9.59 Å². The first kappa shape index (κ1) is 18.2. The molecule has 1 aromatic carbocycles. The van der Waals surface area contributed by atoms with Crippen molar-refractivity contribution >= 4 is 17.8 Å². The third kappa shape index (κ3) is 3.36. The van der Waals surface area contributed by atoms with E-state index in [0.29, 0.717) is 11.3 Å². The zero-order chi connectivity index (χ0) is 19.5. The number of urea groups is 1. The number of amides is 4. The van der Waals surface area contributed by atoms with Crippen LogP contribution in [0.5, 0.6) is 0 Å². The van der Waals surface area contributed by atoms with Crippen molar-refractivity contribution in [1.82, 2.24) is 9.80 Å². The van der Waals surface area contributed by atoms with Crippen LogP contribution in [-0.4, -0.2) is 34.2 Å². The van der Waals surface area contributed by atoms with Crippen LogP contribution in [0.2, 0.25) is 0 Å². The van der Waals surface area contributed by atoms with Crippen LogP contribution in [0.4, 0.5) is 4.79 Å². The Kier molecular flexibility index (Phi) is 5.06. The third-order valence-corrected chi connectivity index (χ3v) is 5.23. The molecule has 0 N–H and O–H groups in total. The molecule has 1 fully saturated rings. The second kappa shape index (κ2) is 7.80. The van der Waals surface area contributed by atoms with E-state index in [2.05, 4.69) is 6.08 Å². The molecule has 5 heteroatoms. The van der Waals surface area contributed by atoms with E-state index in [1.165, 1.54) is 9.80 Å². The molecule has 1 aromatic rings. The molecule has 0 radical (unpaired) electrons. The average Bonchev–Trinajstić information content (AvgIpc) is 2.74. The zero-order valence-corrected chi connectivity index (χ0v) is 15.6. The van der Waals surface area contributed by atoms with Crippen LogP contribution < -0.4 is 0 Å². The van der Waals surface area contributed by atoms with E-state index in [0.717, 1.165) is 31.3 Å². The molecular weight excluding hydrogens is 352 g/mol. The van der Waals surface area contributed by atoms with Gasteiger partial charge in [0.15, 0.2) is 0 Å². The van der Waals surface area contributed by atoms with Gasteiger partial charge in [-0.3, -0.25) is 14.5 Å². The molecule has 1 saturated heterocycles. The molecule has 5 nitrogen and oxygen atoms in total. The maximum Gasteiger partial charge on any atom is 0.338 e. The Morgan fingerprint density at radius 3 is 2.43 bits per heavy atom. The van der Waals surface area contributed by atoms with Gasteiger partial charge in [-0.05, 0) is 42.9 Å². The van der Waals surface area contributed by atoms with E-state index in [4.69, 9.17) is 0 Å². The normalized spacial score (nSPS) is 22.4. The van der Waals surface area contributed by atoms with Crippen molar-refractivity contribution in [2.24, 2.45) is 0 Å². The zero-order valence-electron chi connectivity index (χ0n) is 15.6. The number of allylic oxidation sites excluding steroid dienone is 6. The lowest BCUT2D eigenvalue weighted by Gasteiger charge is -2.38. The quantitative estimate of drug-likeness (QED) is 0.747. The fraction of sp³-hybridized carbons (Fsp3) is 0.261. The molecule has 4 rings (SSSR count). The summed E-state index contributed by atoms with van der Waals surface area (Å²) < 4.78 is 0. The summed E-state index contributed by atoms with van der Waals surface area (Å²) in [6, 6.07) is 8.41. The van der Waals surface area contributed by atoms with Gasteiger partial charge in [0.1, 0.15) is 5.92 Å². The highest BCUT2D eigenvalue weighted by molar-refractivity contribution is 6.20. The fourth-order valence-electron chi connectivity index (χ4n) is 3.77. The van der Waals surface area contributed by atoms with Crippen LogP contribution >= 0.6 is 0 Å². The minimum absolute atomic E-state index is 0.214. The number of hydrogen-bond acceptors (Lipinski definition) is 3. The summed E-state index contributed by atoms with van der Waals surface area (Å²) in [6.07, 6.45) is 14.9. The van der Waals surface area contributed by atoms with Gasteiger partial charge >= 0.3 is 6.03 Å². The molecule has 0 aromatic heterocycles. The van der Waals surface area contributed by atoms with Crippen LogP contribution in [0.3, 0.4) is 0 Å². The Morgan fingerprint density at radius 1 is 0.929 bits per heavy atom. The van der Waals surface area contributed by atoms with E-state index in [1.807, 2.05) is 30.4 Å². The molecule has 28 heavy (non-hydrogen) atoms. The van der Waals surface area contributed by atoms with Gasteiger partial charge in [-0.25, -0.2) is 9.69 Å². The lowest BCUT2D eigenvalue weighted by atomic mass is 9.92. The summed E-state index contributed by atoms with van der Waals surface area (Å²) >= 11 is 0. The molecule has 2 aliphatic carbocycles. The molecule has 1 heterocycles. The highest BCUT2D eigenvalue weighted by Crippen LogP contribution is 2.31. The fourth-order valence-corrected chi connectivity index (χ4v) is 3.77. The van der Waals surface area contributed by atoms with E-state index in [-0.39, 0.29) is 6.54 Å². The molecule has 0 spiro atoms. The summed E-state index contributed by atoms with van der Waals surface area (Å²) in [5.74, 6) is -1.93. The number of carbonyl (C=O) groups excluding carboxylic acids is 3. The second-order valence-electron chi connectivity index (χ2n) is 7.12. The van der Waals surface area contributed by atoms with Gasteiger partial charge in [-0.2, -0.15) is 0 Å². The van der Waals surface area contributed by atoms with Gasteiger partial charge in [-0.1, -0.05) is 60.7 Å². The molecule has 1 atom stereocenters. The van der Waals surface area contributed by atoms with Crippen LogP contribution in [0.15, 0.2) is 78.1 Å². The van der Waals surface area contributed by atoms with Crippen molar-refractivity contribution < 1.29 is 14.4 Å². The van der Waals surface area contributed by atoms with Gasteiger partial charge in [0.25, 0.3) is 5.91 Å². The monoisotopic (exact) mass is 374 g/mol. The summed E-state index contributed by atoms with van der Waals surface area (Å²) in [6.45, 7) is 0.214. The number of imide groups is 2. The van der Waals surface area contributed by atoms with Gasteiger partial charge in [0.2, 0.25) is 5.91 Å². The smallest absolute Gasteiger partial charge is 0.273 e. The van der Waals surface area contributed by atoms with E-state index in [9.17, 15) is 14.4 Å².